The zero-order chi connectivity index (χ0) is 10.6. The molecule has 1 aromatic carbocycles. The number of nitrogens with two attached hydrogens (primary N) is 2. The molecule has 1 rings (SSSR count). The lowest BCUT2D eigenvalue weighted by Crippen LogP contribution is -2.16. The predicted octanol–water partition coefficient (Wildman–Crippen LogP) is 1.17. The van der Waals surface area contributed by atoms with Crippen LogP contribution >= 0.6 is 12.4 Å². The molecule has 0 fully saturated rings. The first-order valence-electron chi connectivity index (χ1n) is 4.51. The molecule has 1 aromatic rings. The number of phenolic OH excluding ortho intramolecular Hbond substituents is 1. The highest BCUT2D eigenvalue weighted by molar-refractivity contribution is 5.85. The van der Waals surface area contributed by atoms with Gasteiger partial charge in [-0.2, -0.15) is 0 Å². The van der Waals surface area contributed by atoms with Gasteiger partial charge in [0.05, 0.1) is 7.11 Å². The molecular formula is C10H17ClN2O2. The van der Waals surface area contributed by atoms with Crippen LogP contribution in [-0.2, 0) is 0 Å². The summed E-state index contributed by atoms with van der Waals surface area (Å²) in [6, 6.07) is 4.75. The van der Waals surface area contributed by atoms with Crippen LogP contribution in [0.3, 0.4) is 0 Å². The van der Waals surface area contributed by atoms with Crippen LogP contribution in [0.25, 0.3) is 0 Å². The van der Waals surface area contributed by atoms with E-state index in [0.29, 0.717) is 18.7 Å². The molecule has 0 aliphatic heterocycles. The minimum absolute atomic E-state index is 0. The molecule has 0 amide bonds. The molecule has 0 bridgehead atoms. The number of hydrogen-bond donors (Lipinski definition) is 3. The zero-order valence-electron chi connectivity index (χ0n) is 8.64. The molecule has 0 aromatic heterocycles. The number of hydrogen-bond acceptors (Lipinski definition) is 4. The Labute approximate surface area is 95.6 Å². The summed E-state index contributed by atoms with van der Waals surface area (Å²) in [4.78, 5) is 0. The van der Waals surface area contributed by atoms with Crippen molar-refractivity contribution in [2.75, 3.05) is 13.7 Å². The highest BCUT2D eigenvalue weighted by Crippen LogP contribution is 2.28. The van der Waals surface area contributed by atoms with Gasteiger partial charge in [0, 0.05) is 17.7 Å². The Balaban J connectivity index is 0.00000196. The van der Waals surface area contributed by atoms with Crippen molar-refractivity contribution in [3.8, 4) is 11.5 Å². The lowest BCUT2D eigenvalue weighted by molar-refractivity contribution is 0.398. The topological polar surface area (TPSA) is 81.5 Å². The minimum Gasteiger partial charge on any atom is -0.508 e. The highest BCUT2D eigenvalue weighted by atomic mass is 35.5. The van der Waals surface area contributed by atoms with Gasteiger partial charge in [-0.3, -0.25) is 0 Å². The van der Waals surface area contributed by atoms with Crippen molar-refractivity contribution in [2.24, 2.45) is 11.5 Å². The molecule has 15 heavy (non-hydrogen) atoms. The highest BCUT2D eigenvalue weighted by Gasteiger charge is 2.11. The Kier molecular flexibility index (Phi) is 6.08. The monoisotopic (exact) mass is 232 g/mol. The molecule has 86 valence electrons. The van der Waals surface area contributed by atoms with E-state index in [0.717, 1.165) is 5.56 Å². The fourth-order valence-electron chi connectivity index (χ4n) is 1.34. The van der Waals surface area contributed by atoms with Crippen molar-refractivity contribution in [2.45, 2.75) is 12.5 Å². The fraction of sp³-hybridized carbons (Fsp3) is 0.400. The van der Waals surface area contributed by atoms with Crippen LogP contribution in [0.5, 0.6) is 11.5 Å². The molecule has 0 saturated heterocycles. The maximum absolute atomic E-state index is 9.23. The van der Waals surface area contributed by atoms with Gasteiger partial charge < -0.3 is 21.3 Å². The first-order valence-corrected chi connectivity index (χ1v) is 4.51. The summed E-state index contributed by atoms with van der Waals surface area (Å²) in [5.74, 6) is 0.775. The van der Waals surface area contributed by atoms with Crippen LogP contribution in [0.1, 0.15) is 18.0 Å². The first kappa shape index (κ1) is 14.0. The number of aromatic hydroxyl groups is 1. The van der Waals surface area contributed by atoms with Crippen molar-refractivity contribution in [3.63, 3.8) is 0 Å². The van der Waals surface area contributed by atoms with Crippen LogP contribution in [0.15, 0.2) is 18.2 Å². The molecule has 0 spiro atoms. The Morgan fingerprint density at radius 2 is 2.13 bits per heavy atom. The third-order valence-electron chi connectivity index (χ3n) is 2.09. The standard InChI is InChI=1S/C10H16N2O2.ClH/c1-14-10-6-7(13)2-3-8(10)9(12)4-5-11;/h2-3,6,9,13H,4-5,11-12H2,1H3;1H/t9-;/m0./s1. The van der Waals surface area contributed by atoms with Gasteiger partial charge >= 0.3 is 0 Å². The minimum atomic E-state index is -0.143. The summed E-state index contributed by atoms with van der Waals surface area (Å²) in [7, 11) is 1.55. The van der Waals surface area contributed by atoms with E-state index in [4.69, 9.17) is 16.2 Å². The second-order valence-electron chi connectivity index (χ2n) is 3.11. The van der Waals surface area contributed by atoms with Crippen LogP contribution in [0.2, 0.25) is 0 Å². The van der Waals surface area contributed by atoms with E-state index < -0.39 is 0 Å². The summed E-state index contributed by atoms with van der Waals surface area (Å²) in [6.07, 6.45) is 0.696. The van der Waals surface area contributed by atoms with Gasteiger partial charge in [0.25, 0.3) is 0 Å². The van der Waals surface area contributed by atoms with Crippen molar-refractivity contribution in [1.82, 2.24) is 0 Å². The van der Waals surface area contributed by atoms with Crippen LogP contribution in [0, 0.1) is 0 Å². The van der Waals surface area contributed by atoms with Crippen LogP contribution < -0.4 is 16.2 Å². The summed E-state index contributed by atoms with van der Waals surface area (Å²) < 4.78 is 5.11. The van der Waals surface area contributed by atoms with Crippen LogP contribution in [0.4, 0.5) is 0 Å². The third-order valence-corrected chi connectivity index (χ3v) is 2.09. The second kappa shape index (κ2) is 6.50. The molecule has 0 aliphatic carbocycles. The Bertz CT molecular complexity index is 307. The average Bonchev–Trinajstić information content (AvgIpc) is 2.17. The van der Waals surface area contributed by atoms with Crippen molar-refractivity contribution in [3.05, 3.63) is 23.8 Å². The van der Waals surface area contributed by atoms with Gasteiger partial charge in [0.2, 0.25) is 0 Å². The van der Waals surface area contributed by atoms with Crippen molar-refractivity contribution < 1.29 is 9.84 Å². The quantitative estimate of drug-likeness (QED) is 0.728. The number of halogens is 1. The largest absolute Gasteiger partial charge is 0.508 e. The van der Waals surface area contributed by atoms with Gasteiger partial charge in [-0.15, -0.1) is 12.4 Å². The van der Waals surface area contributed by atoms with E-state index in [-0.39, 0.29) is 24.2 Å². The van der Waals surface area contributed by atoms with Crippen LogP contribution in [-0.4, -0.2) is 18.8 Å². The number of phenols is 1. The maximum atomic E-state index is 9.23. The molecular weight excluding hydrogens is 216 g/mol. The van der Waals surface area contributed by atoms with Crippen molar-refractivity contribution >= 4 is 12.4 Å². The van der Waals surface area contributed by atoms with Crippen molar-refractivity contribution in [1.29, 1.82) is 0 Å². The number of benzene rings is 1. The fourth-order valence-corrected chi connectivity index (χ4v) is 1.34. The molecule has 0 unspecified atom stereocenters. The zero-order valence-corrected chi connectivity index (χ0v) is 9.46. The number of methoxy groups -OCH3 is 1. The molecule has 0 heterocycles. The SMILES string of the molecule is COc1cc(O)ccc1[C@@H](N)CCN.Cl. The van der Waals surface area contributed by atoms with E-state index in [9.17, 15) is 5.11 Å². The van der Waals surface area contributed by atoms with E-state index in [1.165, 1.54) is 0 Å². The van der Waals surface area contributed by atoms with Gasteiger partial charge in [0.15, 0.2) is 0 Å². The smallest absolute Gasteiger partial charge is 0.127 e. The molecule has 5 N–H and O–H groups in total. The predicted molar refractivity (Wildman–Crippen MR) is 62.5 cm³/mol. The van der Waals surface area contributed by atoms with Gasteiger partial charge in [-0.1, -0.05) is 6.07 Å². The summed E-state index contributed by atoms with van der Waals surface area (Å²) in [5.41, 5.74) is 12.2. The molecule has 0 radical (unpaired) electrons. The lowest BCUT2D eigenvalue weighted by atomic mass is 10.0. The molecule has 4 nitrogen and oxygen atoms in total. The Morgan fingerprint density at radius 1 is 1.47 bits per heavy atom. The van der Waals surface area contributed by atoms with Gasteiger partial charge in [-0.05, 0) is 19.0 Å². The first-order chi connectivity index (χ1) is 6.69. The molecule has 0 aliphatic rings. The normalized spacial score (nSPS) is 11.7. The summed E-state index contributed by atoms with van der Waals surface area (Å²) in [5, 5.41) is 9.23. The molecule has 0 saturated carbocycles. The maximum Gasteiger partial charge on any atom is 0.127 e. The third kappa shape index (κ3) is 3.58. The Hall–Kier alpha value is -0.970. The summed E-state index contributed by atoms with van der Waals surface area (Å²) >= 11 is 0. The molecule has 5 heteroatoms. The van der Waals surface area contributed by atoms with E-state index in [1.807, 2.05) is 0 Å². The van der Waals surface area contributed by atoms with E-state index >= 15 is 0 Å². The van der Waals surface area contributed by atoms with Gasteiger partial charge in [0.1, 0.15) is 11.5 Å². The lowest BCUT2D eigenvalue weighted by Gasteiger charge is -2.14. The number of rotatable bonds is 4. The summed E-state index contributed by atoms with van der Waals surface area (Å²) in [6.45, 7) is 0.533. The average molecular weight is 233 g/mol. The Morgan fingerprint density at radius 3 is 2.67 bits per heavy atom. The second-order valence-corrected chi connectivity index (χ2v) is 3.11. The molecule has 1 atom stereocenters. The number of ether oxygens (including phenoxy) is 1. The van der Waals surface area contributed by atoms with E-state index in [1.54, 1.807) is 25.3 Å². The van der Waals surface area contributed by atoms with E-state index in [2.05, 4.69) is 0 Å². The van der Waals surface area contributed by atoms with Gasteiger partial charge in [-0.25, -0.2) is 0 Å².